The SMILES string of the molecule is CC1=CC(Cc2ccc(Br)cc2)=C(C)C(=O)C1=O. The molecule has 0 saturated heterocycles. The third-order valence-corrected chi connectivity index (χ3v) is 3.61. The number of benzene rings is 1. The van der Waals surface area contributed by atoms with Crippen LogP contribution in [0.15, 0.2) is 51.5 Å². The van der Waals surface area contributed by atoms with Gasteiger partial charge in [0, 0.05) is 15.6 Å². The quantitative estimate of drug-likeness (QED) is 0.620. The van der Waals surface area contributed by atoms with Gasteiger partial charge in [-0.2, -0.15) is 0 Å². The van der Waals surface area contributed by atoms with Crippen molar-refractivity contribution in [3.8, 4) is 0 Å². The number of Topliss-reactive ketones (excluding diaryl/α,β-unsaturated/α-hetero) is 2. The molecule has 1 aromatic carbocycles. The molecular formula is C15H13BrO2. The maximum atomic E-state index is 11.7. The summed E-state index contributed by atoms with van der Waals surface area (Å²) in [5.41, 5.74) is 3.14. The molecule has 0 atom stereocenters. The van der Waals surface area contributed by atoms with Crippen LogP contribution in [0.3, 0.4) is 0 Å². The van der Waals surface area contributed by atoms with Crippen LogP contribution in [-0.4, -0.2) is 11.6 Å². The molecule has 1 aromatic rings. The number of allylic oxidation sites excluding steroid dienone is 4. The smallest absolute Gasteiger partial charge is 0.229 e. The van der Waals surface area contributed by atoms with Gasteiger partial charge in [-0.3, -0.25) is 9.59 Å². The minimum absolute atomic E-state index is 0.373. The van der Waals surface area contributed by atoms with Gasteiger partial charge >= 0.3 is 0 Å². The molecule has 0 N–H and O–H groups in total. The van der Waals surface area contributed by atoms with Gasteiger partial charge in [0.2, 0.25) is 11.6 Å². The number of carbonyl (C=O) groups excluding carboxylic acids is 2. The lowest BCUT2D eigenvalue weighted by molar-refractivity contribution is -0.132. The van der Waals surface area contributed by atoms with Crippen molar-refractivity contribution in [3.63, 3.8) is 0 Å². The van der Waals surface area contributed by atoms with Crippen molar-refractivity contribution < 1.29 is 9.59 Å². The molecule has 0 saturated carbocycles. The first-order chi connectivity index (χ1) is 8.49. The van der Waals surface area contributed by atoms with Crippen molar-refractivity contribution >= 4 is 27.5 Å². The molecule has 18 heavy (non-hydrogen) atoms. The Balaban J connectivity index is 2.31. The van der Waals surface area contributed by atoms with Gasteiger partial charge in [-0.1, -0.05) is 34.1 Å². The summed E-state index contributed by atoms with van der Waals surface area (Å²) in [6.07, 6.45) is 2.50. The number of halogens is 1. The Labute approximate surface area is 115 Å². The first-order valence-corrected chi connectivity index (χ1v) is 6.50. The van der Waals surface area contributed by atoms with Crippen molar-refractivity contribution in [2.24, 2.45) is 0 Å². The molecule has 0 fully saturated rings. The minimum atomic E-state index is -0.382. The highest BCUT2D eigenvalue weighted by molar-refractivity contribution is 9.10. The lowest BCUT2D eigenvalue weighted by Crippen LogP contribution is -2.21. The van der Waals surface area contributed by atoms with Crippen molar-refractivity contribution in [1.82, 2.24) is 0 Å². The van der Waals surface area contributed by atoms with E-state index in [0.29, 0.717) is 17.6 Å². The molecule has 3 heteroatoms. The van der Waals surface area contributed by atoms with E-state index >= 15 is 0 Å². The highest BCUT2D eigenvalue weighted by Gasteiger charge is 2.24. The molecule has 0 aromatic heterocycles. The highest BCUT2D eigenvalue weighted by Crippen LogP contribution is 2.22. The minimum Gasteiger partial charge on any atom is -0.285 e. The standard InChI is InChI=1S/C15H13BrO2/c1-9-7-12(10(2)15(18)14(9)17)8-11-3-5-13(16)6-4-11/h3-7H,8H2,1-2H3. The number of rotatable bonds is 2. The molecule has 0 spiro atoms. The second kappa shape index (κ2) is 5.02. The Morgan fingerprint density at radius 2 is 1.61 bits per heavy atom. The van der Waals surface area contributed by atoms with Gasteiger partial charge in [-0.25, -0.2) is 0 Å². The van der Waals surface area contributed by atoms with Gasteiger partial charge in [-0.05, 0) is 43.5 Å². The van der Waals surface area contributed by atoms with Crippen molar-refractivity contribution in [1.29, 1.82) is 0 Å². The van der Waals surface area contributed by atoms with Crippen LogP contribution in [0.1, 0.15) is 19.4 Å². The summed E-state index contributed by atoms with van der Waals surface area (Å²) in [7, 11) is 0. The summed E-state index contributed by atoms with van der Waals surface area (Å²) < 4.78 is 1.03. The number of ketones is 2. The Bertz CT molecular complexity index is 573. The van der Waals surface area contributed by atoms with E-state index in [0.717, 1.165) is 15.6 Å². The van der Waals surface area contributed by atoms with E-state index in [9.17, 15) is 9.59 Å². The van der Waals surface area contributed by atoms with Gasteiger partial charge < -0.3 is 0 Å². The summed E-state index contributed by atoms with van der Waals surface area (Å²) in [6, 6.07) is 7.96. The molecule has 0 aliphatic heterocycles. The van der Waals surface area contributed by atoms with Crippen molar-refractivity contribution in [3.05, 3.63) is 57.1 Å². The normalized spacial score (nSPS) is 16.1. The van der Waals surface area contributed by atoms with Gasteiger partial charge in [0.25, 0.3) is 0 Å². The van der Waals surface area contributed by atoms with Crippen molar-refractivity contribution in [2.45, 2.75) is 20.3 Å². The predicted molar refractivity (Wildman–Crippen MR) is 74.3 cm³/mol. The zero-order chi connectivity index (χ0) is 13.3. The summed E-state index contributed by atoms with van der Waals surface area (Å²) in [4.78, 5) is 23.3. The first-order valence-electron chi connectivity index (χ1n) is 5.70. The highest BCUT2D eigenvalue weighted by atomic mass is 79.9. The van der Waals surface area contributed by atoms with E-state index in [-0.39, 0.29) is 11.6 Å². The Hall–Kier alpha value is -1.48. The number of carbonyl (C=O) groups is 2. The third-order valence-electron chi connectivity index (χ3n) is 3.09. The molecule has 2 nitrogen and oxygen atoms in total. The Kier molecular flexibility index (Phi) is 3.62. The molecule has 92 valence electrons. The van der Waals surface area contributed by atoms with Gasteiger partial charge in [0.05, 0.1) is 0 Å². The lowest BCUT2D eigenvalue weighted by atomic mass is 9.88. The predicted octanol–water partition coefficient (Wildman–Crippen LogP) is 3.41. The fraction of sp³-hybridized carbons (Fsp3) is 0.200. The van der Waals surface area contributed by atoms with Crippen LogP contribution in [-0.2, 0) is 16.0 Å². The summed E-state index contributed by atoms with van der Waals surface area (Å²) in [6.45, 7) is 3.41. The zero-order valence-corrected chi connectivity index (χ0v) is 11.9. The maximum Gasteiger partial charge on any atom is 0.229 e. The van der Waals surface area contributed by atoms with Crippen molar-refractivity contribution in [2.75, 3.05) is 0 Å². The number of hydrogen-bond donors (Lipinski definition) is 0. The topological polar surface area (TPSA) is 34.1 Å². The van der Waals surface area contributed by atoms with E-state index in [1.807, 2.05) is 30.3 Å². The number of hydrogen-bond acceptors (Lipinski definition) is 2. The fourth-order valence-electron chi connectivity index (χ4n) is 1.94. The zero-order valence-electron chi connectivity index (χ0n) is 10.3. The van der Waals surface area contributed by atoms with E-state index in [4.69, 9.17) is 0 Å². The second-order valence-corrected chi connectivity index (χ2v) is 5.35. The third kappa shape index (κ3) is 2.51. The molecule has 1 aliphatic rings. The van der Waals surface area contributed by atoms with Crippen LogP contribution >= 0.6 is 15.9 Å². The van der Waals surface area contributed by atoms with Gasteiger partial charge in [-0.15, -0.1) is 0 Å². The molecule has 0 heterocycles. The van der Waals surface area contributed by atoms with E-state index in [1.54, 1.807) is 13.8 Å². The van der Waals surface area contributed by atoms with Crippen LogP contribution in [0.2, 0.25) is 0 Å². The molecule has 0 bridgehead atoms. The molecule has 0 radical (unpaired) electrons. The van der Waals surface area contributed by atoms with Crippen LogP contribution in [0, 0.1) is 0 Å². The van der Waals surface area contributed by atoms with E-state index in [2.05, 4.69) is 15.9 Å². The van der Waals surface area contributed by atoms with Crippen LogP contribution in [0.25, 0.3) is 0 Å². The second-order valence-electron chi connectivity index (χ2n) is 4.44. The Morgan fingerprint density at radius 3 is 2.22 bits per heavy atom. The van der Waals surface area contributed by atoms with Gasteiger partial charge in [0.1, 0.15) is 0 Å². The van der Waals surface area contributed by atoms with E-state index < -0.39 is 0 Å². The first kappa shape index (κ1) is 13.0. The molecular weight excluding hydrogens is 292 g/mol. The average molecular weight is 305 g/mol. The molecule has 0 amide bonds. The van der Waals surface area contributed by atoms with Crippen LogP contribution in [0.4, 0.5) is 0 Å². The Morgan fingerprint density at radius 1 is 1.00 bits per heavy atom. The largest absolute Gasteiger partial charge is 0.285 e. The summed E-state index contributed by atoms with van der Waals surface area (Å²) >= 11 is 3.39. The summed E-state index contributed by atoms with van der Waals surface area (Å²) in [5, 5.41) is 0. The molecule has 0 unspecified atom stereocenters. The molecule has 2 rings (SSSR count). The van der Waals surface area contributed by atoms with Crippen LogP contribution in [0.5, 0.6) is 0 Å². The van der Waals surface area contributed by atoms with Gasteiger partial charge in [0.15, 0.2) is 0 Å². The lowest BCUT2D eigenvalue weighted by Gasteiger charge is -2.14. The monoisotopic (exact) mass is 304 g/mol. The molecule has 1 aliphatic carbocycles. The van der Waals surface area contributed by atoms with Crippen LogP contribution < -0.4 is 0 Å². The maximum absolute atomic E-state index is 11.7. The summed E-state index contributed by atoms with van der Waals surface area (Å²) in [5.74, 6) is -0.755. The average Bonchev–Trinajstić information content (AvgIpc) is 2.36. The fourth-order valence-corrected chi connectivity index (χ4v) is 2.20. The van der Waals surface area contributed by atoms with E-state index in [1.165, 1.54) is 0 Å².